The molecule has 0 aliphatic carbocycles. The van der Waals surface area contributed by atoms with E-state index in [1.807, 2.05) is 6.20 Å². The fourth-order valence-corrected chi connectivity index (χ4v) is 3.08. The molecule has 1 unspecified atom stereocenters. The van der Waals surface area contributed by atoms with Crippen molar-refractivity contribution in [1.82, 2.24) is 9.55 Å². The van der Waals surface area contributed by atoms with E-state index in [0.29, 0.717) is 0 Å². The topological polar surface area (TPSA) is 47.1 Å². The van der Waals surface area contributed by atoms with Crippen molar-refractivity contribution >= 4 is 21.6 Å². The zero-order chi connectivity index (χ0) is 14.1. The second-order valence-corrected chi connectivity index (χ2v) is 6.33. The zero-order valence-corrected chi connectivity index (χ0v) is 13.2. The van der Waals surface area contributed by atoms with Crippen LogP contribution in [0.1, 0.15) is 18.3 Å². The van der Waals surface area contributed by atoms with Gasteiger partial charge in [0.25, 0.3) is 0 Å². The maximum Gasteiger partial charge on any atom is 0.128 e. The number of benzene rings is 1. The summed E-state index contributed by atoms with van der Waals surface area (Å²) in [4.78, 5) is 6.82. The van der Waals surface area contributed by atoms with E-state index in [1.165, 1.54) is 11.3 Å². The van der Waals surface area contributed by atoms with E-state index in [1.54, 1.807) is 0 Å². The molecule has 106 valence electrons. The Morgan fingerprint density at radius 1 is 1.40 bits per heavy atom. The van der Waals surface area contributed by atoms with E-state index in [2.05, 4.69) is 61.7 Å². The quantitative estimate of drug-likeness (QED) is 0.938. The van der Waals surface area contributed by atoms with Gasteiger partial charge in [-0.3, -0.25) is 0 Å². The van der Waals surface area contributed by atoms with E-state index in [9.17, 15) is 0 Å². The van der Waals surface area contributed by atoms with Crippen molar-refractivity contribution in [2.24, 2.45) is 5.73 Å². The largest absolute Gasteiger partial charge is 0.362 e. The van der Waals surface area contributed by atoms with E-state index in [-0.39, 0.29) is 6.04 Å². The van der Waals surface area contributed by atoms with Crippen LogP contribution in [0.2, 0.25) is 0 Å². The predicted molar refractivity (Wildman–Crippen MR) is 84.8 cm³/mol. The third-order valence-corrected chi connectivity index (χ3v) is 4.17. The Balaban J connectivity index is 1.91. The summed E-state index contributed by atoms with van der Waals surface area (Å²) in [6.07, 6.45) is 4.83. The Morgan fingerprint density at radius 2 is 2.25 bits per heavy atom. The SMILES string of the molecule is CC(N)Cc1ccc(Br)cc1N1CCn2ccnc2C1. The third kappa shape index (κ3) is 2.74. The first-order valence-corrected chi connectivity index (χ1v) is 7.72. The number of rotatable bonds is 3. The fraction of sp³-hybridized carbons (Fsp3) is 0.400. The Labute approximate surface area is 127 Å². The molecule has 4 nitrogen and oxygen atoms in total. The van der Waals surface area contributed by atoms with Gasteiger partial charge >= 0.3 is 0 Å². The molecule has 0 bridgehead atoms. The Morgan fingerprint density at radius 3 is 3.05 bits per heavy atom. The maximum atomic E-state index is 5.97. The average molecular weight is 335 g/mol. The van der Waals surface area contributed by atoms with Crippen molar-refractivity contribution in [3.05, 3.63) is 46.5 Å². The first kappa shape index (κ1) is 13.6. The minimum Gasteiger partial charge on any atom is -0.362 e. The number of hydrogen-bond donors (Lipinski definition) is 1. The summed E-state index contributed by atoms with van der Waals surface area (Å²) in [7, 11) is 0. The van der Waals surface area contributed by atoms with Crippen LogP contribution >= 0.6 is 15.9 Å². The predicted octanol–water partition coefficient (Wildman–Crippen LogP) is 2.56. The molecular weight excluding hydrogens is 316 g/mol. The molecule has 0 fully saturated rings. The van der Waals surface area contributed by atoms with E-state index < -0.39 is 0 Å². The number of halogens is 1. The molecule has 1 aromatic carbocycles. The molecule has 0 saturated carbocycles. The average Bonchev–Trinajstić information content (AvgIpc) is 2.87. The van der Waals surface area contributed by atoms with Gasteiger partial charge in [-0.15, -0.1) is 0 Å². The number of hydrogen-bond acceptors (Lipinski definition) is 3. The third-order valence-electron chi connectivity index (χ3n) is 3.67. The molecule has 2 aromatic rings. The highest BCUT2D eigenvalue weighted by molar-refractivity contribution is 9.10. The number of aromatic nitrogens is 2. The molecule has 1 aliphatic rings. The summed E-state index contributed by atoms with van der Waals surface area (Å²) < 4.78 is 3.33. The van der Waals surface area contributed by atoms with Crippen LogP contribution in [0.5, 0.6) is 0 Å². The standard InChI is InChI=1S/C15H19BrN4/c1-11(17)8-12-2-3-13(16)9-14(12)20-7-6-19-5-4-18-15(19)10-20/h2-5,9,11H,6-8,10,17H2,1H3. The lowest BCUT2D eigenvalue weighted by Crippen LogP contribution is -2.34. The molecule has 3 rings (SSSR count). The van der Waals surface area contributed by atoms with Gasteiger partial charge in [-0.1, -0.05) is 22.0 Å². The lowest BCUT2D eigenvalue weighted by Gasteiger charge is -2.31. The number of imidazole rings is 1. The van der Waals surface area contributed by atoms with Crippen LogP contribution in [0.15, 0.2) is 35.1 Å². The molecule has 0 saturated heterocycles. The van der Waals surface area contributed by atoms with Gasteiger partial charge in [-0.2, -0.15) is 0 Å². The van der Waals surface area contributed by atoms with Crippen LogP contribution in [0.4, 0.5) is 5.69 Å². The second-order valence-electron chi connectivity index (χ2n) is 5.41. The molecule has 0 radical (unpaired) electrons. The normalized spacial score (nSPS) is 16.1. The molecule has 0 amide bonds. The fourth-order valence-electron chi connectivity index (χ4n) is 2.73. The summed E-state index contributed by atoms with van der Waals surface area (Å²) in [5.74, 6) is 1.13. The first-order valence-electron chi connectivity index (χ1n) is 6.92. The van der Waals surface area contributed by atoms with Crippen LogP contribution in [0.25, 0.3) is 0 Å². The number of nitrogens with two attached hydrogens (primary N) is 1. The van der Waals surface area contributed by atoms with Gasteiger partial charge in [0, 0.05) is 41.7 Å². The van der Waals surface area contributed by atoms with E-state index in [4.69, 9.17) is 5.73 Å². The molecule has 20 heavy (non-hydrogen) atoms. The number of nitrogens with zero attached hydrogens (tertiary/aromatic N) is 3. The summed E-state index contributed by atoms with van der Waals surface area (Å²) in [5, 5.41) is 0. The molecular formula is C15H19BrN4. The smallest absolute Gasteiger partial charge is 0.128 e. The van der Waals surface area contributed by atoms with Gasteiger partial charge in [0.1, 0.15) is 5.82 Å². The Kier molecular flexibility index (Phi) is 3.81. The Bertz CT molecular complexity index is 606. The van der Waals surface area contributed by atoms with Crippen molar-refractivity contribution in [3.8, 4) is 0 Å². The van der Waals surface area contributed by atoms with Crippen molar-refractivity contribution in [3.63, 3.8) is 0 Å². The van der Waals surface area contributed by atoms with Crippen molar-refractivity contribution in [1.29, 1.82) is 0 Å². The van der Waals surface area contributed by atoms with Gasteiger partial charge in [-0.25, -0.2) is 4.98 Å². The van der Waals surface area contributed by atoms with Gasteiger partial charge < -0.3 is 15.2 Å². The zero-order valence-electron chi connectivity index (χ0n) is 11.6. The van der Waals surface area contributed by atoms with Crippen molar-refractivity contribution in [2.75, 3.05) is 11.4 Å². The molecule has 5 heteroatoms. The highest BCUT2D eigenvalue weighted by Gasteiger charge is 2.19. The Hall–Kier alpha value is -1.33. The van der Waals surface area contributed by atoms with Crippen LogP contribution in [-0.4, -0.2) is 22.1 Å². The number of anilines is 1. The molecule has 2 N–H and O–H groups in total. The molecule has 1 aliphatic heterocycles. The lowest BCUT2D eigenvalue weighted by atomic mass is 10.0. The second kappa shape index (κ2) is 5.58. The van der Waals surface area contributed by atoms with Crippen molar-refractivity contribution < 1.29 is 0 Å². The van der Waals surface area contributed by atoms with Gasteiger partial charge in [-0.05, 0) is 31.0 Å². The lowest BCUT2D eigenvalue weighted by molar-refractivity contribution is 0.558. The van der Waals surface area contributed by atoms with E-state index >= 15 is 0 Å². The maximum absolute atomic E-state index is 5.97. The minimum absolute atomic E-state index is 0.168. The highest BCUT2D eigenvalue weighted by Crippen LogP contribution is 2.28. The summed E-state index contributed by atoms with van der Waals surface area (Å²) in [5.41, 5.74) is 8.55. The van der Waals surface area contributed by atoms with Gasteiger partial charge in [0.2, 0.25) is 0 Å². The molecule has 1 atom stereocenters. The summed E-state index contributed by atoms with van der Waals surface area (Å²) >= 11 is 3.57. The van der Waals surface area contributed by atoms with Crippen molar-refractivity contribution in [2.45, 2.75) is 32.5 Å². The molecule has 0 spiro atoms. The van der Waals surface area contributed by atoms with Crippen LogP contribution in [0, 0.1) is 0 Å². The molecule has 2 heterocycles. The van der Waals surface area contributed by atoms with Crippen LogP contribution in [0.3, 0.4) is 0 Å². The molecule has 1 aromatic heterocycles. The highest BCUT2D eigenvalue weighted by atomic mass is 79.9. The first-order chi connectivity index (χ1) is 9.63. The minimum atomic E-state index is 0.168. The van der Waals surface area contributed by atoms with Gasteiger partial charge in [0.05, 0.1) is 6.54 Å². The van der Waals surface area contributed by atoms with Gasteiger partial charge in [0.15, 0.2) is 0 Å². The van der Waals surface area contributed by atoms with E-state index in [0.717, 1.165) is 36.4 Å². The monoisotopic (exact) mass is 334 g/mol. The summed E-state index contributed by atoms with van der Waals surface area (Å²) in [6, 6.07) is 6.62. The van der Waals surface area contributed by atoms with Crippen LogP contribution < -0.4 is 10.6 Å². The summed E-state index contributed by atoms with van der Waals surface area (Å²) in [6.45, 7) is 4.90. The van der Waals surface area contributed by atoms with Crippen LogP contribution in [-0.2, 0) is 19.5 Å². The number of fused-ring (bicyclic) bond motifs is 1.